The molecule has 1 aromatic heterocycles. The second-order valence-corrected chi connectivity index (χ2v) is 3.82. The molecule has 1 aliphatic rings. The molecule has 86 valence electrons. The van der Waals surface area contributed by atoms with Gasteiger partial charge in [0.15, 0.2) is 0 Å². The second kappa shape index (κ2) is 4.94. The smallest absolute Gasteiger partial charge is 0.209 e. The highest BCUT2D eigenvalue weighted by atomic mass is 16.1. The average molecular weight is 220 g/mol. The van der Waals surface area contributed by atoms with Crippen molar-refractivity contribution in [3.63, 3.8) is 0 Å². The van der Waals surface area contributed by atoms with E-state index in [4.69, 9.17) is 5.73 Å². The van der Waals surface area contributed by atoms with E-state index in [0.29, 0.717) is 6.54 Å². The first-order chi connectivity index (χ1) is 7.83. The molecule has 1 aliphatic heterocycles. The Morgan fingerprint density at radius 2 is 2.06 bits per heavy atom. The van der Waals surface area contributed by atoms with Crippen LogP contribution in [-0.4, -0.2) is 42.5 Å². The van der Waals surface area contributed by atoms with Crippen molar-refractivity contribution in [2.75, 3.05) is 31.1 Å². The summed E-state index contributed by atoms with van der Waals surface area (Å²) in [6.45, 7) is 3.65. The lowest BCUT2D eigenvalue weighted by atomic mass is 10.3. The zero-order valence-corrected chi connectivity index (χ0v) is 9.17. The third kappa shape index (κ3) is 2.30. The summed E-state index contributed by atoms with van der Waals surface area (Å²) < 4.78 is 0. The molecule has 16 heavy (non-hydrogen) atoms. The monoisotopic (exact) mass is 220 g/mol. The Hall–Kier alpha value is -1.62. The third-order valence-electron chi connectivity index (χ3n) is 2.79. The van der Waals surface area contributed by atoms with Crippen molar-refractivity contribution < 1.29 is 4.79 Å². The summed E-state index contributed by atoms with van der Waals surface area (Å²) in [7, 11) is 0. The topological polar surface area (TPSA) is 62.5 Å². The molecule has 1 amide bonds. The highest BCUT2D eigenvalue weighted by Crippen LogP contribution is 2.13. The summed E-state index contributed by atoms with van der Waals surface area (Å²) in [6, 6.07) is 5.87. The molecule has 5 nitrogen and oxygen atoms in total. The minimum atomic E-state index is 0.460. The van der Waals surface area contributed by atoms with Gasteiger partial charge in [0.25, 0.3) is 0 Å². The Bertz CT molecular complexity index is 361. The highest BCUT2D eigenvalue weighted by molar-refractivity contribution is 5.49. The predicted molar refractivity (Wildman–Crippen MR) is 62.0 cm³/mol. The van der Waals surface area contributed by atoms with Gasteiger partial charge in [-0.15, -0.1) is 0 Å². The number of nitrogens with two attached hydrogens (primary N) is 1. The van der Waals surface area contributed by atoms with Crippen LogP contribution in [0, 0.1) is 0 Å². The quantitative estimate of drug-likeness (QED) is 0.718. The van der Waals surface area contributed by atoms with Crippen LogP contribution in [0.5, 0.6) is 0 Å². The van der Waals surface area contributed by atoms with Crippen molar-refractivity contribution in [2.45, 2.75) is 6.54 Å². The lowest BCUT2D eigenvalue weighted by Crippen LogP contribution is -2.46. The molecule has 0 aliphatic carbocycles. The summed E-state index contributed by atoms with van der Waals surface area (Å²) in [4.78, 5) is 19.0. The summed E-state index contributed by atoms with van der Waals surface area (Å²) >= 11 is 0. The second-order valence-electron chi connectivity index (χ2n) is 3.82. The number of hydrogen-bond donors (Lipinski definition) is 1. The molecule has 2 heterocycles. The zero-order valence-electron chi connectivity index (χ0n) is 9.17. The number of anilines is 1. The first-order valence-electron chi connectivity index (χ1n) is 5.44. The van der Waals surface area contributed by atoms with E-state index in [1.165, 1.54) is 0 Å². The molecule has 0 bridgehead atoms. The van der Waals surface area contributed by atoms with Gasteiger partial charge < -0.3 is 15.5 Å². The van der Waals surface area contributed by atoms with E-state index in [2.05, 4.69) is 9.88 Å². The molecule has 2 rings (SSSR count). The van der Waals surface area contributed by atoms with Crippen molar-refractivity contribution in [1.82, 2.24) is 9.88 Å². The van der Waals surface area contributed by atoms with Crippen LogP contribution >= 0.6 is 0 Å². The van der Waals surface area contributed by atoms with E-state index in [1.807, 2.05) is 18.2 Å². The molecule has 0 saturated carbocycles. The molecule has 5 heteroatoms. The van der Waals surface area contributed by atoms with Crippen LogP contribution in [-0.2, 0) is 11.3 Å². The van der Waals surface area contributed by atoms with Gasteiger partial charge in [-0.25, -0.2) is 4.98 Å². The van der Waals surface area contributed by atoms with Gasteiger partial charge in [0.1, 0.15) is 5.82 Å². The molecule has 0 spiro atoms. The van der Waals surface area contributed by atoms with Gasteiger partial charge in [0.2, 0.25) is 6.41 Å². The van der Waals surface area contributed by atoms with Crippen LogP contribution in [0.4, 0.5) is 5.82 Å². The zero-order chi connectivity index (χ0) is 11.4. The van der Waals surface area contributed by atoms with Gasteiger partial charge in [-0.3, -0.25) is 4.79 Å². The Kier molecular flexibility index (Phi) is 3.36. The number of rotatable bonds is 3. The van der Waals surface area contributed by atoms with Crippen LogP contribution in [0.15, 0.2) is 18.2 Å². The summed E-state index contributed by atoms with van der Waals surface area (Å²) in [5.74, 6) is 0.952. The fourth-order valence-corrected chi connectivity index (χ4v) is 1.81. The van der Waals surface area contributed by atoms with Gasteiger partial charge >= 0.3 is 0 Å². The lowest BCUT2D eigenvalue weighted by Gasteiger charge is -2.33. The average Bonchev–Trinajstić information content (AvgIpc) is 2.39. The van der Waals surface area contributed by atoms with Gasteiger partial charge in [0.05, 0.1) is 5.69 Å². The molecular formula is C11H16N4O. The number of aromatic nitrogens is 1. The lowest BCUT2D eigenvalue weighted by molar-refractivity contribution is -0.118. The van der Waals surface area contributed by atoms with E-state index in [0.717, 1.165) is 44.1 Å². The van der Waals surface area contributed by atoms with Crippen LogP contribution in [0.25, 0.3) is 0 Å². The van der Waals surface area contributed by atoms with E-state index >= 15 is 0 Å². The minimum Gasteiger partial charge on any atom is -0.353 e. The maximum Gasteiger partial charge on any atom is 0.209 e. The normalized spacial score (nSPS) is 16.3. The fourth-order valence-electron chi connectivity index (χ4n) is 1.81. The molecule has 0 unspecified atom stereocenters. The largest absolute Gasteiger partial charge is 0.353 e. The van der Waals surface area contributed by atoms with Gasteiger partial charge in [0, 0.05) is 32.7 Å². The van der Waals surface area contributed by atoms with Crippen LogP contribution < -0.4 is 10.6 Å². The minimum absolute atomic E-state index is 0.460. The molecule has 0 aromatic carbocycles. The SMILES string of the molecule is NCc1cccc(N2CCN(C=O)CC2)n1. The number of amides is 1. The first kappa shape index (κ1) is 10.9. The fraction of sp³-hybridized carbons (Fsp3) is 0.455. The van der Waals surface area contributed by atoms with Crippen LogP contribution in [0.3, 0.4) is 0 Å². The molecular weight excluding hydrogens is 204 g/mol. The number of piperazine rings is 1. The number of nitrogens with zero attached hydrogens (tertiary/aromatic N) is 3. The third-order valence-corrected chi connectivity index (χ3v) is 2.79. The Morgan fingerprint density at radius 1 is 1.31 bits per heavy atom. The van der Waals surface area contributed by atoms with E-state index in [1.54, 1.807) is 4.90 Å². The molecule has 2 N–H and O–H groups in total. The molecule has 1 aromatic rings. The summed E-state index contributed by atoms with van der Waals surface area (Å²) in [5.41, 5.74) is 6.45. The van der Waals surface area contributed by atoms with Crippen LogP contribution in [0.2, 0.25) is 0 Å². The first-order valence-corrected chi connectivity index (χ1v) is 5.44. The predicted octanol–water partition coefficient (Wildman–Crippen LogP) is -0.181. The van der Waals surface area contributed by atoms with Crippen molar-refractivity contribution in [2.24, 2.45) is 5.73 Å². The Labute approximate surface area is 94.9 Å². The van der Waals surface area contributed by atoms with E-state index < -0.39 is 0 Å². The standard InChI is InChI=1S/C11H16N4O/c12-8-10-2-1-3-11(13-10)15-6-4-14(9-16)5-7-15/h1-3,9H,4-8,12H2. The highest BCUT2D eigenvalue weighted by Gasteiger charge is 2.16. The molecule has 0 atom stereocenters. The van der Waals surface area contributed by atoms with E-state index in [9.17, 15) is 4.79 Å². The number of carbonyl (C=O) groups excluding carboxylic acids is 1. The molecule has 1 saturated heterocycles. The van der Waals surface area contributed by atoms with Gasteiger partial charge in [-0.1, -0.05) is 6.07 Å². The van der Waals surface area contributed by atoms with Gasteiger partial charge in [-0.2, -0.15) is 0 Å². The Balaban J connectivity index is 2.04. The molecule has 1 fully saturated rings. The number of pyridine rings is 1. The van der Waals surface area contributed by atoms with E-state index in [-0.39, 0.29) is 0 Å². The van der Waals surface area contributed by atoms with Crippen LogP contribution in [0.1, 0.15) is 5.69 Å². The van der Waals surface area contributed by atoms with Crippen molar-refractivity contribution in [1.29, 1.82) is 0 Å². The van der Waals surface area contributed by atoms with Crippen molar-refractivity contribution in [3.05, 3.63) is 23.9 Å². The summed E-state index contributed by atoms with van der Waals surface area (Å²) in [5, 5.41) is 0. The molecule has 0 radical (unpaired) electrons. The Morgan fingerprint density at radius 3 is 2.69 bits per heavy atom. The maximum absolute atomic E-state index is 10.6. The number of carbonyl (C=O) groups is 1. The van der Waals surface area contributed by atoms with Crippen molar-refractivity contribution >= 4 is 12.2 Å². The van der Waals surface area contributed by atoms with Crippen molar-refractivity contribution in [3.8, 4) is 0 Å². The number of hydrogen-bond acceptors (Lipinski definition) is 4. The summed E-state index contributed by atoms with van der Waals surface area (Å²) in [6.07, 6.45) is 0.904. The maximum atomic E-state index is 10.6. The van der Waals surface area contributed by atoms with Gasteiger partial charge in [-0.05, 0) is 12.1 Å².